The number of piperidine rings is 1. The molecule has 2 N–H and O–H groups in total. The molecule has 1 rings (SSSR count). The molecule has 90 valence electrons. The molecule has 0 spiro atoms. The van der Waals surface area contributed by atoms with Crippen LogP contribution in [0.2, 0.25) is 0 Å². The highest BCUT2D eigenvalue weighted by molar-refractivity contribution is 4.86. The number of hydrogen-bond donors (Lipinski definition) is 1. The summed E-state index contributed by atoms with van der Waals surface area (Å²) in [5.41, 5.74) is 5.92. The predicted octanol–water partition coefficient (Wildman–Crippen LogP) is 1.61. The van der Waals surface area contributed by atoms with Crippen molar-refractivity contribution in [2.75, 3.05) is 19.6 Å². The third kappa shape index (κ3) is 3.74. The zero-order valence-electron chi connectivity index (χ0n) is 10.6. The van der Waals surface area contributed by atoms with Crippen LogP contribution in [0.5, 0.6) is 0 Å². The molecule has 0 amide bonds. The summed E-state index contributed by atoms with van der Waals surface area (Å²) in [4.78, 5) is 2.48. The first-order chi connectivity index (χ1) is 6.95. The number of nitrogens with zero attached hydrogens (tertiary/aromatic N) is 1. The van der Waals surface area contributed by atoms with E-state index in [1.54, 1.807) is 0 Å². The van der Waals surface area contributed by atoms with Crippen molar-refractivity contribution in [2.24, 2.45) is 5.73 Å². The van der Waals surface area contributed by atoms with Crippen LogP contribution in [0, 0.1) is 0 Å². The highest BCUT2D eigenvalue weighted by atomic mass is 16.5. The fourth-order valence-electron chi connectivity index (χ4n) is 2.11. The Morgan fingerprint density at radius 1 is 1.33 bits per heavy atom. The van der Waals surface area contributed by atoms with Crippen molar-refractivity contribution >= 4 is 0 Å². The Balaban J connectivity index is 2.36. The van der Waals surface area contributed by atoms with E-state index >= 15 is 0 Å². The van der Waals surface area contributed by atoms with Gasteiger partial charge in [-0.1, -0.05) is 0 Å². The number of hydrogen-bond acceptors (Lipinski definition) is 3. The molecule has 1 heterocycles. The molecule has 15 heavy (non-hydrogen) atoms. The van der Waals surface area contributed by atoms with E-state index in [1.165, 1.54) is 0 Å². The zero-order chi connectivity index (χ0) is 11.5. The second kappa shape index (κ2) is 5.28. The van der Waals surface area contributed by atoms with Gasteiger partial charge in [-0.15, -0.1) is 0 Å². The van der Waals surface area contributed by atoms with Gasteiger partial charge in [-0.3, -0.25) is 4.90 Å². The Bertz CT molecular complexity index is 184. The summed E-state index contributed by atoms with van der Waals surface area (Å²) < 4.78 is 5.83. The molecule has 0 unspecified atom stereocenters. The largest absolute Gasteiger partial charge is 0.375 e. The average Bonchev–Trinajstić information content (AvgIpc) is 2.18. The van der Waals surface area contributed by atoms with Gasteiger partial charge in [0.05, 0.1) is 12.2 Å². The van der Waals surface area contributed by atoms with Gasteiger partial charge in [0, 0.05) is 25.2 Å². The molecule has 1 aliphatic heterocycles. The molecule has 1 fully saturated rings. The van der Waals surface area contributed by atoms with Crippen molar-refractivity contribution in [1.82, 2.24) is 4.90 Å². The normalized spacial score (nSPS) is 21.2. The summed E-state index contributed by atoms with van der Waals surface area (Å²) in [6.45, 7) is 11.6. The van der Waals surface area contributed by atoms with Gasteiger partial charge in [-0.25, -0.2) is 0 Å². The molecule has 0 aliphatic carbocycles. The van der Waals surface area contributed by atoms with Crippen molar-refractivity contribution in [3.63, 3.8) is 0 Å². The van der Waals surface area contributed by atoms with Crippen LogP contribution in [0.3, 0.4) is 0 Å². The summed E-state index contributed by atoms with van der Waals surface area (Å²) in [5.74, 6) is 0. The standard InChI is InChI=1S/C12H26N2O/c1-10(2)15-11-5-7-14(8-6-11)12(3,4)9-13/h10-11H,5-9,13H2,1-4H3. The first-order valence-electron chi connectivity index (χ1n) is 6.06. The second-order valence-corrected chi connectivity index (χ2v) is 5.39. The first-order valence-corrected chi connectivity index (χ1v) is 6.06. The van der Waals surface area contributed by atoms with E-state index in [0.717, 1.165) is 32.5 Å². The number of ether oxygens (including phenoxy) is 1. The molecule has 0 radical (unpaired) electrons. The lowest BCUT2D eigenvalue weighted by Gasteiger charge is -2.42. The van der Waals surface area contributed by atoms with E-state index in [4.69, 9.17) is 10.5 Å². The van der Waals surface area contributed by atoms with Crippen LogP contribution < -0.4 is 5.73 Å². The van der Waals surface area contributed by atoms with Crippen molar-refractivity contribution < 1.29 is 4.74 Å². The second-order valence-electron chi connectivity index (χ2n) is 5.39. The summed E-state index contributed by atoms with van der Waals surface area (Å²) in [7, 11) is 0. The first kappa shape index (κ1) is 12.9. The van der Waals surface area contributed by atoms with Crippen LogP contribution in [0.4, 0.5) is 0 Å². The van der Waals surface area contributed by atoms with E-state index in [0.29, 0.717) is 12.2 Å². The molecule has 0 bridgehead atoms. The van der Waals surface area contributed by atoms with Crippen LogP contribution in [0.25, 0.3) is 0 Å². The zero-order valence-corrected chi connectivity index (χ0v) is 10.6. The maximum atomic E-state index is 5.83. The number of nitrogens with two attached hydrogens (primary N) is 1. The lowest BCUT2D eigenvalue weighted by atomic mass is 9.97. The van der Waals surface area contributed by atoms with E-state index < -0.39 is 0 Å². The molecule has 1 saturated heterocycles. The molecule has 0 aromatic heterocycles. The van der Waals surface area contributed by atoms with E-state index in [-0.39, 0.29) is 5.54 Å². The fourth-order valence-corrected chi connectivity index (χ4v) is 2.11. The monoisotopic (exact) mass is 214 g/mol. The van der Waals surface area contributed by atoms with Gasteiger partial charge in [0.2, 0.25) is 0 Å². The van der Waals surface area contributed by atoms with Gasteiger partial charge in [0.1, 0.15) is 0 Å². The van der Waals surface area contributed by atoms with Crippen molar-refractivity contribution in [1.29, 1.82) is 0 Å². The van der Waals surface area contributed by atoms with Crippen molar-refractivity contribution in [3.05, 3.63) is 0 Å². The molecular formula is C12H26N2O. The minimum absolute atomic E-state index is 0.142. The quantitative estimate of drug-likeness (QED) is 0.773. The minimum atomic E-state index is 0.142. The highest BCUT2D eigenvalue weighted by Gasteiger charge is 2.29. The van der Waals surface area contributed by atoms with Crippen LogP contribution in [0.15, 0.2) is 0 Å². The van der Waals surface area contributed by atoms with Crippen molar-refractivity contribution in [2.45, 2.75) is 58.3 Å². The van der Waals surface area contributed by atoms with Gasteiger partial charge in [0.15, 0.2) is 0 Å². The van der Waals surface area contributed by atoms with Gasteiger partial charge < -0.3 is 10.5 Å². The van der Waals surface area contributed by atoms with Gasteiger partial charge in [-0.2, -0.15) is 0 Å². The van der Waals surface area contributed by atoms with Crippen molar-refractivity contribution in [3.8, 4) is 0 Å². The molecule has 3 heteroatoms. The van der Waals surface area contributed by atoms with Crippen LogP contribution in [-0.4, -0.2) is 42.3 Å². The smallest absolute Gasteiger partial charge is 0.0603 e. The lowest BCUT2D eigenvalue weighted by Crippen LogP contribution is -2.53. The predicted molar refractivity (Wildman–Crippen MR) is 63.9 cm³/mol. The maximum Gasteiger partial charge on any atom is 0.0603 e. The number of rotatable bonds is 4. The molecule has 1 aliphatic rings. The number of likely N-dealkylation sites (tertiary alicyclic amines) is 1. The van der Waals surface area contributed by atoms with E-state index in [9.17, 15) is 0 Å². The van der Waals surface area contributed by atoms with Gasteiger partial charge >= 0.3 is 0 Å². The Morgan fingerprint density at radius 3 is 2.27 bits per heavy atom. The Labute approximate surface area is 94.0 Å². The average molecular weight is 214 g/mol. The van der Waals surface area contributed by atoms with Gasteiger partial charge in [-0.05, 0) is 40.5 Å². The molecular weight excluding hydrogens is 188 g/mol. The molecule has 0 aromatic carbocycles. The fraction of sp³-hybridized carbons (Fsp3) is 1.00. The van der Waals surface area contributed by atoms with Gasteiger partial charge in [0.25, 0.3) is 0 Å². The van der Waals surface area contributed by atoms with Crippen LogP contribution in [0.1, 0.15) is 40.5 Å². The topological polar surface area (TPSA) is 38.5 Å². The third-order valence-electron chi connectivity index (χ3n) is 3.26. The summed E-state index contributed by atoms with van der Waals surface area (Å²) in [6, 6.07) is 0. The van der Waals surface area contributed by atoms with Crippen LogP contribution >= 0.6 is 0 Å². The van der Waals surface area contributed by atoms with E-state index in [2.05, 4.69) is 32.6 Å². The van der Waals surface area contributed by atoms with E-state index in [1.807, 2.05) is 0 Å². The lowest BCUT2D eigenvalue weighted by molar-refractivity contribution is -0.0416. The summed E-state index contributed by atoms with van der Waals surface area (Å²) in [5, 5.41) is 0. The third-order valence-corrected chi connectivity index (χ3v) is 3.26. The molecule has 0 saturated carbocycles. The maximum absolute atomic E-state index is 5.83. The Morgan fingerprint density at radius 2 is 1.87 bits per heavy atom. The Hall–Kier alpha value is -0.120. The highest BCUT2D eigenvalue weighted by Crippen LogP contribution is 2.22. The summed E-state index contributed by atoms with van der Waals surface area (Å²) >= 11 is 0. The molecule has 0 atom stereocenters. The SMILES string of the molecule is CC(C)OC1CCN(C(C)(C)CN)CC1. The summed E-state index contributed by atoms with van der Waals surface area (Å²) in [6.07, 6.45) is 3.09. The molecule has 3 nitrogen and oxygen atoms in total. The minimum Gasteiger partial charge on any atom is -0.375 e. The van der Waals surface area contributed by atoms with Crippen LogP contribution in [-0.2, 0) is 4.74 Å². The Kier molecular flexibility index (Phi) is 4.56. The molecule has 0 aromatic rings.